The minimum Gasteiger partial charge on any atom is -0.380 e. The molecule has 2 fully saturated rings. The molecule has 1 N–H and O–H groups in total. The van der Waals surface area contributed by atoms with Gasteiger partial charge in [-0.15, -0.1) is 0 Å². The Morgan fingerprint density at radius 3 is 2.92 bits per heavy atom. The summed E-state index contributed by atoms with van der Waals surface area (Å²) in [4.78, 5) is 2.59. The lowest BCUT2D eigenvalue weighted by molar-refractivity contribution is 0.127. The van der Waals surface area contributed by atoms with Gasteiger partial charge in [0.15, 0.2) is 0 Å². The summed E-state index contributed by atoms with van der Waals surface area (Å²) >= 11 is 0. The Hall–Kier alpha value is -0.120. The van der Waals surface area contributed by atoms with E-state index in [0.29, 0.717) is 0 Å². The van der Waals surface area contributed by atoms with E-state index in [1.165, 1.54) is 26.1 Å². The molecule has 76 valence electrons. The summed E-state index contributed by atoms with van der Waals surface area (Å²) in [5, 5.41) is 3.46. The average molecular weight is 184 g/mol. The first-order valence-electron chi connectivity index (χ1n) is 5.40. The van der Waals surface area contributed by atoms with E-state index in [1.54, 1.807) is 0 Å². The van der Waals surface area contributed by atoms with Gasteiger partial charge in [0.05, 0.1) is 6.61 Å². The van der Waals surface area contributed by atoms with E-state index in [0.717, 1.165) is 31.7 Å². The van der Waals surface area contributed by atoms with Gasteiger partial charge in [0.2, 0.25) is 0 Å². The maximum atomic E-state index is 5.46. The maximum Gasteiger partial charge on any atom is 0.0593 e. The highest BCUT2D eigenvalue weighted by Gasteiger charge is 2.28. The number of hydrogen-bond acceptors (Lipinski definition) is 3. The zero-order valence-corrected chi connectivity index (χ0v) is 8.46. The van der Waals surface area contributed by atoms with Crippen molar-refractivity contribution in [3.63, 3.8) is 0 Å². The van der Waals surface area contributed by atoms with Crippen LogP contribution < -0.4 is 5.32 Å². The van der Waals surface area contributed by atoms with E-state index in [2.05, 4.69) is 17.1 Å². The molecule has 2 rings (SSSR count). The molecule has 0 amide bonds. The minimum atomic E-state index is 0.752. The standard InChI is InChI=1S/C10H20N2O/c1-9-7-11-8-10(9)12-3-2-5-13-6-4-12/h9-11H,2-8H2,1H3. The Labute approximate surface area is 80.4 Å². The lowest BCUT2D eigenvalue weighted by Gasteiger charge is -2.29. The molecule has 3 nitrogen and oxygen atoms in total. The van der Waals surface area contributed by atoms with Crippen molar-refractivity contribution in [3.8, 4) is 0 Å². The van der Waals surface area contributed by atoms with Crippen LogP contribution in [0.5, 0.6) is 0 Å². The molecular weight excluding hydrogens is 164 g/mol. The van der Waals surface area contributed by atoms with Gasteiger partial charge in [-0.1, -0.05) is 6.92 Å². The fourth-order valence-electron chi connectivity index (χ4n) is 2.38. The molecule has 0 spiro atoms. The third-order valence-corrected chi connectivity index (χ3v) is 3.20. The van der Waals surface area contributed by atoms with Crippen LogP contribution in [0.2, 0.25) is 0 Å². The number of nitrogens with zero attached hydrogens (tertiary/aromatic N) is 1. The van der Waals surface area contributed by atoms with Gasteiger partial charge in [0.25, 0.3) is 0 Å². The molecule has 3 heteroatoms. The van der Waals surface area contributed by atoms with Crippen LogP contribution in [-0.4, -0.2) is 50.3 Å². The van der Waals surface area contributed by atoms with Crippen LogP contribution in [0.1, 0.15) is 13.3 Å². The fraction of sp³-hybridized carbons (Fsp3) is 1.00. The van der Waals surface area contributed by atoms with E-state index in [-0.39, 0.29) is 0 Å². The van der Waals surface area contributed by atoms with Gasteiger partial charge in [-0.2, -0.15) is 0 Å². The third kappa shape index (κ3) is 2.22. The van der Waals surface area contributed by atoms with Crippen LogP contribution in [0, 0.1) is 5.92 Å². The molecule has 0 saturated carbocycles. The normalized spacial score (nSPS) is 37.6. The summed E-state index contributed by atoms with van der Waals surface area (Å²) in [5.74, 6) is 0.804. The van der Waals surface area contributed by atoms with Crippen molar-refractivity contribution in [3.05, 3.63) is 0 Å². The molecule has 0 bridgehead atoms. The summed E-state index contributed by atoms with van der Waals surface area (Å²) in [6, 6.07) is 0.752. The molecule has 2 heterocycles. The second kappa shape index (κ2) is 4.40. The Balaban J connectivity index is 1.89. The van der Waals surface area contributed by atoms with Gasteiger partial charge in [-0.05, 0) is 18.9 Å². The van der Waals surface area contributed by atoms with Gasteiger partial charge >= 0.3 is 0 Å². The zero-order valence-electron chi connectivity index (χ0n) is 8.46. The number of rotatable bonds is 1. The summed E-state index contributed by atoms with van der Waals surface area (Å²) in [6.07, 6.45) is 1.20. The van der Waals surface area contributed by atoms with E-state index in [1.807, 2.05) is 0 Å². The number of ether oxygens (including phenoxy) is 1. The Morgan fingerprint density at radius 1 is 1.23 bits per heavy atom. The molecule has 2 aliphatic heterocycles. The van der Waals surface area contributed by atoms with Crippen molar-refractivity contribution in [1.29, 1.82) is 0 Å². The molecule has 2 atom stereocenters. The van der Waals surface area contributed by atoms with Gasteiger partial charge in [-0.25, -0.2) is 0 Å². The average Bonchev–Trinajstić information content (AvgIpc) is 2.43. The van der Waals surface area contributed by atoms with Crippen LogP contribution in [0.4, 0.5) is 0 Å². The van der Waals surface area contributed by atoms with E-state index in [4.69, 9.17) is 4.74 Å². The van der Waals surface area contributed by atoms with Crippen molar-refractivity contribution >= 4 is 0 Å². The first-order chi connectivity index (χ1) is 6.38. The Bertz CT molecular complexity index is 155. The second-order valence-electron chi connectivity index (χ2n) is 4.20. The predicted molar refractivity (Wildman–Crippen MR) is 52.8 cm³/mol. The smallest absolute Gasteiger partial charge is 0.0593 e. The van der Waals surface area contributed by atoms with Crippen LogP contribution in [-0.2, 0) is 4.74 Å². The maximum absolute atomic E-state index is 5.46. The molecule has 13 heavy (non-hydrogen) atoms. The quantitative estimate of drug-likeness (QED) is 0.635. The SMILES string of the molecule is CC1CNCC1N1CCCOCC1. The minimum absolute atomic E-state index is 0.752. The molecule has 2 saturated heterocycles. The lowest BCUT2D eigenvalue weighted by Crippen LogP contribution is -2.41. The topological polar surface area (TPSA) is 24.5 Å². The molecule has 0 aromatic carbocycles. The van der Waals surface area contributed by atoms with Crippen molar-refractivity contribution in [2.75, 3.05) is 39.4 Å². The number of hydrogen-bond donors (Lipinski definition) is 1. The monoisotopic (exact) mass is 184 g/mol. The predicted octanol–water partition coefficient (Wildman–Crippen LogP) is 0.317. The molecule has 0 aromatic rings. The van der Waals surface area contributed by atoms with Crippen molar-refractivity contribution in [1.82, 2.24) is 10.2 Å². The summed E-state index contributed by atoms with van der Waals surface area (Å²) in [5.41, 5.74) is 0. The first-order valence-corrected chi connectivity index (χ1v) is 5.40. The van der Waals surface area contributed by atoms with E-state index >= 15 is 0 Å². The second-order valence-corrected chi connectivity index (χ2v) is 4.20. The van der Waals surface area contributed by atoms with Gasteiger partial charge in [0.1, 0.15) is 0 Å². The zero-order chi connectivity index (χ0) is 9.10. The summed E-state index contributed by atoms with van der Waals surface area (Å²) in [6.45, 7) is 8.90. The molecule has 2 unspecified atom stereocenters. The highest BCUT2D eigenvalue weighted by atomic mass is 16.5. The van der Waals surface area contributed by atoms with Crippen molar-refractivity contribution in [2.24, 2.45) is 5.92 Å². The summed E-state index contributed by atoms with van der Waals surface area (Å²) < 4.78 is 5.46. The largest absolute Gasteiger partial charge is 0.380 e. The van der Waals surface area contributed by atoms with E-state index < -0.39 is 0 Å². The third-order valence-electron chi connectivity index (χ3n) is 3.20. The Kier molecular flexibility index (Phi) is 3.19. The number of nitrogens with one attached hydrogen (secondary N) is 1. The Morgan fingerprint density at radius 2 is 2.15 bits per heavy atom. The van der Waals surface area contributed by atoms with Gasteiger partial charge in [0, 0.05) is 32.3 Å². The highest BCUT2D eigenvalue weighted by molar-refractivity contribution is 4.86. The van der Waals surface area contributed by atoms with E-state index in [9.17, 15) is 0 Å². The summed E-state index contributed by atoms with van der Waals surface area (Å²) in [7, 11) is 0. The van der Waals surface area contributed by atoms with Gasteiger partial charge in [-0.3, -0.25) is 4.90 Å². The molecule has 2 aliphatic rings. The van der Waals surface area contributed by atoms with Crippen LogP contribution >= 0.6 is 0 Å². The highest BCUT2D eigenvalue weighted by Crippen LogP contribution is 2.16. The molecule has 0 aromatic heterocycles. The van der Waals surface area contributed by atoms with Crippen LogP contribution in [0.25, 0.3) is 0 Å². The first kappa shape index (κ1) is 9.44. The van der Waals surface area contributed by atoms with Crippen LogP contribution in [0.15, 0.2) is 0 Å². The van der Waals surface area contributed by atoms with Crippen molar-refractivity contribution in [2.45, 2.75) is 19.4 Å². The molecule has 0 aliphatic carbocycles. The molecular formula is C10H20N2O. The van der Waals surface area contributed by atoms with Gasteiger partial charge < -0.3 is 10.1 Å². The lowest BCUT2D eigenvalue weighted by atomic mass is 10.0. The fourth-order valence-corrected chi connectivity index (χ4v) is 2.38. The van der Waals surface area contributed by atoms with Crippen LogP contribution in [0.3, 0.4) is 0 Å². The molecule has 0 radical (unpaired) electrons. The van der Waals surface area contributed by atoms with Crippen molar-refractivity contribution < 1.29 is 4.74 Å².